The van der Waals surface area contributed by atoms with Gasteiger partial charge in [-0.2, -0.15) is 0 Å². The second-order valence-corrected chi connectivity index (χ2v) is 8.21. The standard InChI is InChI=1S/C18H24N2O6S/c1-12(2)5-8-27-15-4-3-13(9-14(15)20(24)25)17(23)19-18(10-16(21)22)6-7-26-11-18/h3-4,9,12H,5-8,10-11H2,1-2H3,(H,19,23)(H,21,22). The highest BCUT2D eigenvalue weighted by Crippen LogP contribution is 2.31. The maximum atomic E-state index is 12.6. The average molecular weight is 396 g/mol. The molecule has 0 saturated carbocycles. The number of thioether (sulfide) groups is 1. The number of nitro benzene ring substituents is 1. The fraction of sp³-hybridized carbons (Fsp3) is 0.556. The third-order valence-corrected chi connectivity index (χ3v) is 5.44. The number of carboxylic acids is 1. The molecule has 1 atom stereocenters. The van der Waals surface area contributed by atoms with Crippen LogP contribution >= 0.6 is 11.8 Å². The molecule has 148 valence electrons. The second kappa shape index (κ2) is 9.18. The Bertz CT molecular complexity index is 716. The van der Waals surface area contributed by atoms with E-state index in [0.29, 0.717) is 23.8 Å². The Hall–Kier alpha value is -2.13. The Kier molecular flexibility index (Phi) is 7.20. The van der Waals surface area contributed by atoms with Crippen LogP contribution in [0.5, 0.6) is 0 Å². The SMILES string of the molecule is CC(C)CCSc1ccc(C(=O)NC2(CC(=O)O)CCOC2)cc1[N+](=O)[O-]. The topological polar surface area (TPSA) is 119 Å². The molecule has 1 unspecified atom stereocenters. The van der Waals surface area contributed by atoms with Crippen molar-refractivity contribution < 1.29 is 24.4 Å². The number of aliphatic carboxylic acids is 1. The van der Waals surface area contributed by atoms with E-state index in [-0.39, 0.29) is 24.3 Å². The van der Waals surface area contributed by atoms with Gasteiger partial charge in [0, 0.05) is 18.2 Å². The van der Waals surface area contributed by atoms with Gasteiger partial charge >= 0.3 is 5.97 Å². The van der Waals surface area contributed by atoms with Crippen LogP contribution in [0.2, 0.25) is 0 Å². The van der Waals surface area contributed by atoms with Crippen molar-refractivity contribution in [1.82, 2.24) is 5.32 Å². The minimum absolute atomic E-state index is 0.107. The van der Waals surface area contributed by atoms with Gasteiger partial charge in [0.1, 0.15) is 0 Å². The largest absolute Gasteiger partial charge is 0.481 e. The Balaban J connectivity index is 2.17. The molecular weight excluding hydrogens is 372 g/mol. The van der Waals surface area contributed by atoms with Crippen LogP contribution in [0.1, 0.15) is 43.5 Å². The van der Waals surface area contributed by atoms with Crippen molar-refractivity contribution in [2.24, 2.45) is 5.92 Å². The predicted molar refractivity (Wildman–Crippen MR) is 101 cm³/mol. The summed E-state index contributed by atoms with van der Waals surface area (Å²) in [4.78, 5) is 35.1. The number of hydrogen-bond acceptors (Lipinski definition) is 6. The van der Waals surface area contributed by atoms with E-state index in [1.165, 1.54) is 23.9 Å². The number of hydrogen-bond donors (Lipinski definition) is 2. The van der Waals surface area contributed by atoms with Gasteiger partial charge in [-0.1, -0.05) is 13.8 Å². The molecule has 0 bridgehead atoms. The lowest BCUT2D eigenvalue weighted by Crippen LogP contribution is -2.50. The van der Waals surface area contributed by atoms with Crippen molar-refractivity contribution in [1.29, 1.82) is 0 Å². The van der Waals surface area contributed by atoms with E-state index in [4.69, 9.17) is 9.84 Å². The molecule has 8 nitrogen and oxygen atoms in total. The molecule has 1 fully saturated rings. The number of ether oxygens (including phenoxy) is 1. The first-order chi connectivity index (χ1) is 12.7. The van der Waals surface area contributed by atoms with Crippen LogP contribution in [0, 0.1) is 16.0 Å². The summed E-state index contributed by atoms with van der Waals surface area (Å²) >= 11 is 1.39. The number of carboxylic acid groups (broad SMARTS) is 1. The third-order valence-electron chi connectivity index (χ3n) is 4.34. The number of carbonyl (C=O) groups excluding carboxylic acids is 1. The van der Waals surface area contributed by atoms with Crippen LogP contribution in [0.3, 0.4) is 0 Å². The average Bonchev–Trinajstić information content (AvgIpc) is 3.01. The highest BCUT2D eigenvalue weighted by molar-refractivity contribution is 7.99. The molecule has 1 saturated heterocycles. The van der Waals surface area contributed by atoms with Gasteiger partial charge in [-0.05, 0) is 36.6 Å². The highest BCUT2D eigenvalue weighted by atomic mass is 32.2. The van der Waals surface area contributed by atoms with E-state index in [2.05, 4.69) is 19.2 Å². The molecule has 2 rings (SSSR count). The van der Waals surface area contributed by atoms with Crippen LogP contribution in [-0.4, -0.2) is 46.4 Å². The summed E-state index contributed by atoms with van der Waals surface area (Å²) in [6, 6.07) is 4.36. The molecule has 1 aliphatic heterocycles. The molecule has 2 N–H and O–H groups in total. The number of benzene rings is 1. The minimum atomic E-state index is -1.04. The van der Waals surface area contributed by atoms with Gasteiger partial charge in [-0.15, -0.1) is 11.8 Å². The fourth-order valence-corrected chi connectivity index (χ4v) is 4.07. The number of nitrogens with zero attached hydrogens (tertiary/aromatic N) is 1. The van der Waals surface area contributed by atoms with Gasteiger partial charge in [0.25, 0.3) is 11.6 Å². The Morgan fingerprint density at radius 1 is 1.44 bits per heavy atom. The number of nitro groups is 1. The Labute approximate surface area is 161 Å². The molecule has 1 aromatic rings. The molecule has 1 aliphatic rings. The van der Waals surface area contributed by atoms with E-state index in [9.17, 15) is 19.7 Å². The van der Waals surface area contributed by atoms with E-state index >= 15 is 0 Å². The molecule has 0 aromatic heterocycles. The van der Waals surface area contributed by atoms with Gasteiger partial charge in [-0.25, -0.2) is 0 Å². The molecule has 0 radical (unpaired) electrons. The minimum Gasteiger partial charge on any atom is -0.481 e. The van der Waals surface area contributed by atoms with Gasteiger partial charge in [0.2, 0.25) is 0 Å². The smallest absolute Gasteiger partial charge is 0.305 e. The van der Waals surface area contributed by atoms with Crippen LogP contribution in [-0.2, 0) is 9.53 Å². The summed E-state index contributed by atoms with van der Waals surface area (Å²) in [6.45, 7) is 4.64. The number of amides is 1. The van der Waals surface area contributed by atoms with Crippen LogP contribution in [0.4, 0.5) is 5.69 Å². The molecule has 0 spiro atoms. The first-order valence-electron chi connectivity index (χ1n) is 8.76. The summed E-state index contributed by atoms with van der Waals surface area (Å²) < 4.78 is 5.25. The third kappa shape index (κ3) is 5.93. The number of carbonyl (C=O) groups is 2. The Morgan fingerprint density at radius 3 is 2.74 bits per heavy atom. The van der Waals surface area contributed by atoms with Gasteiger partial charge in [0.05, 0.1) is 28.4 Å². The molecule has 1 heterocycles. The lowest BCUT2D eigenvalue weighted by Gasteiger charge is -2.27. The van der Waals surface area contributed by atoms with Crippen molar-refractivity contribution in [3.05, 3.63) is 33.9 Å². The summed E-state index contributed by atoms with van der Waals surface area (Å²) in [5.74, 6) is -0.323. The van der Waals surface area contributed by atoms with Crippen molar-refractivity contribution in [2.45, 2.75) is 43.5 Å². The van der Waals surface area contributed by atoms with Gasteiger partial charge in [-0.3, -0.25) is 19.7 Å². The summed E-state index contributed by atoms with van der Waals surface area (Å²) in [6.07, 6.45) is 1.06. The van der Waals surface area contributed by atoms with Crippen molar-refractivity contribution in [2.75, 3.05) is 19.0 Å². The maximum absolute atomic E-state index is 12.6. The van der Waals surface area contributed by atoms with E-state index in [1.54, 1.807) is 6.07 Å². The van der Waals surface area contributed by atoms with Crippen LogP contribution in [0.25, 0.3) is 0 Å². The van der Waals surface area contributed by atoms with Crippen molar-refractivity contribution in [3.8, 4) is 0 Å². The quantitative estimate of drug-likeness (QED) is 0.374. The molecule has 0 aliphatic carbocycles. The summed E-state index contributed by atoms with van der Waals surface area (Å²) in [5, 5.41) is 23.2. The number of rotatable bonds is 9. The highest BCUT2D eigenvalue weighted by Gasteiger charge is 2.39. The number of nitrogens with one attached hydrogen (secondary N) is 1. The van der Waals surface area contributed by atoms with Gasteiger partial charge < -0.3 is 15.2 Å². The lowest BCUT2D eigenvalue weighted by molar-refractivity contribution is -0.387. The van der Waals surface area contributed by atoms with E-state index in [1.807, 2.05) is 0 Å². The zero-order valence-electron chi connectivity index (χ0n) is 15.4. The zero-order chi connectivity index (χ0) is 20.0. The van der Waals surface area contributed by atoms with Crippen LogP contribution in [0.15, 0.2) is 23.1 Å². The van der Waals surface area contributed by atoms with Gasteiger partial charge in [0.15, 0.2) is 0 Å². The maximum Gasteiger partial charge on any atom is 0.305 e. The van der Waals surface area contributed by atoms with E-state index < -0.39 is 22.3 Å². The molecule has 27 heavy (non-hydrogen) atoms. The summed E-state index contributed by atoms with van der Waals surface area (Å²) in [5.41, 5.74) is -0.972. The molecule has 1 aromatic carbocycles. The van der Waals surface area contributed by atoms with Crippen molar-refractivity contribution >= 4 is 29.3 Å². The zero-order valence-corrected chi connectivity index (χ0v) is 16.2. The molecule has 9 heteroatoms. The first kappa shape index (κ1) is 21.2. The fourth-order valence-electron chi connectivity index (χ4n) is 2.82. The molecule has 1 amide bonds. The van der Waals surface area contributed by atoms with E-state index in [0.717, 1.165) is 12.2 Å². The summed E-state index contributed by atoms with van der Waals surface area (Å²) in [7, 11) is 0. The first-order valence-corrected chi connectivity index (χ1v) is 9.74. The monoisotopic (exact) mass is 396 g/mol. The van der Waals surface area contributed by atoms with Crippen molar-refractivity contribution in [3.63, 3.8) is 0 Å². The molecular formula is C18H24N2O6S. The van der Waals surface area contributed by atoms with Crippen LogP contribution < -0.4 is 5.32 Å². The predicted octanol–water partition coefficient (Wildman–Crippen LogP) is 3.10. The second-order valence-electron chi connectivity index (χ2n) is 7.08. The Morgan fingerprint density at radius 2 is 2.19 bits per heavy atom. The lowest BCUT2D eigenvalue weighted by atomic mass is 9.93. The normalized spacial score (nSPS) is 19.2.